The normalized spacial score (nSPS) is 20.8. The second kappa shape index (κ2) is 8.13. The smallest absolute Gasteiger partial charge is 0.243 e. The van der Waals surface area contributed by atoms with E-state index in [4.69, 9.17) is 4.74 Å². The Hall–Kier alpha value is -2.39. The molecule has 0 saturated carbocycles. The van der Waals surface area contributed by atoms with Crippen LogP contribution in [-0.2, 0) is 22.5 Å². The van der Waals surface area contributed by atoms with Gasteiger partial charge in [0.2, 0.25) is 10.0 Å². The van der Waals surface area contributed by atoms with Crippen molar-refractivity contribution < 1.29 is 18.3 Å². The Morgan fingerprint density at radius 1 is 1.18 bits per heavy atom. The van der Waals surface area contributed by atoms with Crippen molar-refractivity contribution in [3.63, 3.8) is 0 Å². The van der Waals surface area contributed by atoms with Gasteiger partial charge in [0.1, 0.15) is 5.75 Å². The Labute approximate surface area is 195 Å². The average molecular weight is 470 g/mol. The van der Waals surface area contributed by atoms with Crippen LogP contribution in [0, 0.1) is 6.92 Å². The van der Waals surface area contributed by atoms with Crippen LogP contribution in [0.25, 0.3) is 10.9 Å². The monoisotopic (exact) mass is 469 g/mol. The Morgan fingerprint density at radius 3 is 2.61 bits per heavy atom. The zero-order chi connectivity index (χ0) is 23.4. The van der Waals surface area contributed by atoms with Crippen molar-refractivity contribution in [2.24, 2.45) is 7.05 Å². The van der Waals surface area contributed by atoms with E-state index in [-0.39, 0.29) is 18.1 Å². The summed E-state index contributed by atoms with van der Waals surface area (Å²) in [5, 5.41) is 14.8. The number of hydrogen-bond acceptors (Lipinski definition) is 5. The van der Waals surface area contributed by atoms with E-state index in [0.717, 1.165) is 40.8 Å². The molecule has 1 atom stereocenters. The number of rotatable bonds is 4. The average Bonchev–Trinajstić information content (AvgIpc) is 3.13. The minimum atomic E-state index is -3.53. The van der Waals surface area contributed by atoms with Gasteiger partial charge in [-0.15, -0.1) is 0 Å². The molecule has 1 aromatic heterocycles. The number of fused-ring (bicyclic) bond motifs is 4. The third kappa shape index (κ3) is 3.47. The standard InChI is InChI=1S/C25H31N3O4S/c1-17-5-4-6-19(13-17)33(30,31)28-11-9-25(10-12-28)16-26-21(15-29)24-23(25)20-8-7-18(32-3)14-22(20)27(24)2/h4-8,13-14,21,26,29H,9-12,15-16H2,1-3H3/t21-/m0/s1. The molecule has 2 aromatic carbocycles. The molecule has 2 N–H and O–H groups in total. The zero-order valence-corrected chi connectivity index (χ0v) is 20.2. The van der Waals surface area contributed by atoms with Crippen LogP contribution in [0.1, 0.15) is 35.7 Å². The van der Waals surface area contributed by atoms with Gasteiger partial charge in [-0.3, -0.25) is 0 Å². The molecule has 3 heterocycles. The molecule has 33 heavy (non-hydrogen) atoms. The van der Waals surface area contributed by atoms with Crippen molar-refractivity contribution in [2.45, 2.75) is 36.1 Å². The molecule has 1 saturated heterocycles. The molecular weight excluding hydrogens is 438 g/mol. The Morgan fingerprint density at radius 2 is 1.94 bits per heavy atom. The highest BCUT2D eigenvalue weighted by molar-refractivity contribution is 7.89. The summed E-state index contributed by atoms with van der Waals surface area (Å²) in [6.07, 6.45) is 1.45. The van der Waals surface area contributed by atoms with Crippen LogP contribution in [0.3, 0.4) is 0 Å². The number of aryl methyl sites for hydroxylation is 2. The lowest BCUT2D eigenvalue weighted by atomic mass is 9.69. The molecular formula is C25H31N3O4S. The number of nitrogens with one attached hydrogen (secondary N) is 1. The van der Waals surface area contributed by atoms with Crippen molar-refractivity contribution >= 4 is 20.9 Å². The molecule has 0 aliphatic carbocycles. The van der Waals surface area contributed by atoms with Crippen molar-refractivity contribution in [1.82, 2.24) is 14.2 Å². The Kier molecular flexibility index (Phi) is 5.52. The molecule has 2 aliphatic rings. The van der Waals surface area contributed by atoms with E-state index in [1.54, 1.807) is 29.6 Å². The molecule has 0 unspecified atom stereocenters. The van der Waals surface area contributed by atoms with Gasteiger partial charge in [0.15, 0.2) is 0 Å². The lowest BCUT2D eigenvalue weighted by Crippen LogP contribution is -2.53. The highest BCUT2D eigenvalue weighted by Crippen LogP contribution is 2.47. The predicted octanol–water partition coefficient (Wildman–Crippen LogP) is 2.85. The summed E-state index contributed by atoms with van der Waals surface area (Å²) in [4.78, 5) is 0.360. The van der Waals surface area contributed by atoms with Crippen molar-refractivity contribution in [3.8, 4) is 5.75 Å². The maximum atomic E-state index is 13.3. The van der Waals surface area contributed by atoms with E-state index in [9.17, 15) is 13.5 Å². The van der Waals surface area contributed by atoms with Crippen molar-refractivity contribution in [3.05, 3.63) is 59.3 Å². The van der Waals surface area contributed by atoms with Crippen LogP contribution in [0.15, 0.2) is 47.4 Å². The first-order valence-corrected chi connectivity index (χ1v) is 12.8. The van der Waals surface area contributed by atoms with Gasteiger partial charge in [-0.25, -0.2) is 8.42 Å². The maximum Gasteiger partial charge on any atom is 0.243 e. The quantitative estimate of drug-likeness (QED) is 0.614. The predicted molar refractivity (Wildman–Crippen MR) is 128 cm³/mol. The lowest BCUT2D eigenvalue weighted by molar-refractivity contribution is 0.176. The molecule has 7 nitrogen and oxygen atoms in total. The van der Waals surface area contributed by atoms with Crippen molar-refractivity contribution in [2.75, 3.05) is 33.4 Å². The van der Waals surface area contributed by atoms with Crippen LogP contribution in [0.4, 0.5) is 0 Å². The number of aliphatic hydroxyl groups excluding tert-OH is 1. The molecule has 5 rings (SSSR count). The van der Waals surface area contributed by atoms with Gasteiger partial charge in [0.05, 0.1) is 30.2 Å². The van der Waals surface area contributed by atoms with Gasteiger partial charge in [-0.05, 0) is 55.2 Å². The fraction of sp³-hybridized carbons (Fsp3) is 0.440. The molecule has 176 valence electrons. The number of methoxy groups -OCH3 is 1. The van der Waals surface area contributed by atoms with Crippen LogP contribution >= 0.6 is 0 Å². The van der Waals surface area contributed by atoms with E-state index >= 15 is 0 Å². The topological polar surface area (TPSA) is 83.8 Å². The number of benzene rings is 2. The van der Waals surface area contributed by atoms with E-state index in [1.807, 2.05) is 32.2 Å². The summed E-state index contributed by atoms with van der Waals surface area (Å²) >= 11 is 0. The summed E-state index contributed by atoms with van der Waals surface area (Å²) in [5.74, 6) is 0.794. The SMILES string of the molecule is COc1ccc2c3c(n(C)c2c1)[C@H](CO)NCC31CCN(S(=O)(=O)c2cccc(C)c2)CC1. The van der Waals surface area contributed by atoms with Crippen molar-refractivity contribution in [1.29, 1.82) is 0 Å². The summed E-state index contributed by atoms with van der Waals surface area (Å²) < 4.78 is 35.8. The van der Waals surface area contributed by atoms with Crippen LogP contribution in [0.2, 0.25) is 0 Å². The molecule has 0 radical (unpaired) electrons. The van der Waals surface area contributed by atoms with E-state index in [2.05, 4.69) is 16.0 Å². The van der Waals surface area contributed by atoms with E-state index in [0.29, 0.717) is 24.5 Å². The van der Waals surface area contributed by atoms with E-state index < -0.39 is 10.0 Å². The fourth-order valence-corrected chi connectivity index (χ4v) is 7.24. The van der Waals surface area contributed by atoms with Gasteiger partial charge in [-0.1, -0.05) is 12.1 Å². The number of aromatic nitrogens is 1. The van der Waals surface area contributed by atoms with Gasteiger partial charge < -0.3 is 19.7 Å². The lowest BCUT2D eigenvalue weighted by Gasteiger charge is -2.46. The minimum Gasteiger partial charge on any atom is -0.497 e. The van der Waals surface area contributed by atoms with Crippen LogP contribution in [0.5, 0.6) is 5.75 Å². The summed E-state index contributed by atoms with van der Waals surface area (Å²) in [7, 11) is 0.162. The third-order valence-electron chi connectivity index (χ3n) is 7.49. The van der Waals surface area contributed by atoms with Crippen LogP contribution in [-0.4, -0.2) is 55.7 Å². The van der Waals surface area contributed by atoms with Gasteiger partial charge in [0.25, 0.3) is 0 Å². The number of sulfonamides is 1. The van der Waals surface area contributed by atoms with Gasteiger partial charge in [0, 0.05) is 49.2 Å². The number of ether oxygens (including phenoxy) is 1. The summed E-state index contributed by atoms with van der Waals surface area (Å²) in [6, 6.07) is 13.1. The number of hydrogen-bond donors (Lipinski definition) is 2. The molecule has 1 fully saturated rings. The first kappa shape index (κ1) is 22.4. The first-order valence-electron chi connectivity index (χ1n) is 11.4. The number of piperidine rings is 1. The first-order chi connectivity index (χ1) is 15.8. The molecule has 1 spiro atoms. The fourth-order valence-electron chi connectivity index (χ4n) is 5.69. The largest absolute Gasteiger partial charge is 0.497 e. The van der Waals surface area contributed by atoms with E-state index in [1.165, 1.54) is 5.56 Å². The third-order valence-corrected chi connectivity index (χ3v) is 9.38. The molecule has 8 heteroatoms. The van der Waals surface area contributed by atoms with Gasteiger partial charge >= 0.3 is 0 Å². The second-order valence-corrected chi connectivity index (χ2v) is 11.3. The molecule has 2 aliphatic heterocycles. The molecule has 0 bridgehead atoms. The summed E-state index contributed by atoms with van der Waals surface area (Å²) in [5.41, 5.74) is 4.14. The van der Waals surface area contributed by atoms with Gasteiger partial charge in [-0.2, -0.15) is 4.31 Å². The number of nitrogens with zero attached hydrogens (tertiary/aromatic N) is 2. The second-order valence-electron chi connectivity index (χ2n) is 9.32. The minimum absolute atomic E-state index is 0.0121. The molecule has 0 amide bonds. The van der Waals surface area contributed by atoms with Crippen LogP contribution < -0.4 is 10.1 Å². The maximum absolute atomic E-state index is 13.3. The Bertz CT molecular complexity index is 1310. The highest BCUT2D eigenvalue weighted by Gasteiger charge is 2.46. The summed E-state index contributed by atoms with van der Waals surface area (Å²) in [6.45, 7) is 3.57. The number of aliphatic hydroxyl groups is 1. The zero-order valence-electron chi connectivity index (χ0n) is 19.3. The molecule has 3 aromatic rings. The Balaban J connectivity index is 1.53. The highest BCUT2D eigenvalue weighted by atomic mass is 32.2.